The van der Waals surface area contributed by atoms with Gasteiger partial charge in [-0.3, -0.25) is 4.79 Å². The number of carbonyl (C=O) groups is 2. The Labute approximate surface area is 152 Å². The number of carbonyl (C=O) groups excluding carboxylic acids is 2. The lowest BCUT2D eigenvalue weighted by molar-refractivity contribution is -0.127. The van der Waals surface area contributed by atoms with E-state index in [1.54, 1.807) is 16.7 Å². The first-order valence-electron chi connectivity index (χ1n) is 8.26. The van der Waals surface area contributed by atoms with Gasteiger partial charge in [0, 0.05) is 30.4 Å². The van der Waals surface area contributed by atoms with Crippen molar-refractivity contribution in [3.05, 3.63) is 34.9 Å². The summed E-state index contributed by atoms with van der Waals surface area (Å²) in [6, 6.07) is 7.35. The van der Waals surface area contributed by atoms with Crippen LogP contribution in [0.25, 0.3) is 0 Å². The first-order valence-corrected chi connectivity index (χ1v) is 9.80. The van der Waals surface area contributed by atoms with Gasteiger partial charge in [-0.05, 0) is 30.2 Å². The molecule has 0 bridgehead atoms. The first-order chi connectivity index (χ1) is 11.6. The van der Waals surface area contributed by atoms with Crippen molar-refractivity contribution in [2.24, 2.45) is 0 Å². The molecule has 7 heteroatoms. The van der Waals surface area contributed by atoms with Gasteiger partial charge in [0.1, 0.15) is 6.04 Å². The molecule has 0 saturated carbocycles. The molecule has 2 N–H and O–H groups in total. The molecule has 1 unspecified atom stereocenters. The average molecular weight is 370 g/mol. The van der Waals surface area contributed by atoms with Crippen LogP contribution >= 0.6 is 23.4 Å². The number of piperazine rings is 1. The van der Waals surface area contributed by atoms with Gasteiger partial charge in [0.15, 0.2) is 0 Å². The molecule has 24 heavy (non-hydrogen) atoms. The number of amides is 3. The summed E-state index contributed by atoms with van der Waals surface area (Å²) in [5.74, 6) is 1.76. The van der Waals surface area contributed by atoms with E-state index < -0.39 is 0 Å². The highest BCUT2D eigenvalue weighted by Crippen LogP contribution is 2.20. The molecule has 132 valence electrons. The van der Waals surface area contributed by atoms with Gasteiger partial charge in [-0.25, -0.2) is 4.79 Å². The number of hydrogen-bond donors (Lipinski definition) is 2. The number of urea groups is 1. The van der Waals surface area contributed by atoms with Crippen molar-refractivity contribution in [1.29, 1.82) is 0 Å². The Kier molecular flexibility index (Phi) is 7.72. The monoisotopic (exact) mass is 369 g/mol. The normalized spacial score (nSPS) is 17.5. The van der Waals surface area contributed by atoms with Gasteiger partial charge in [-0.15, -0.1) is 0 Å². The summed E-state index contributed by atoms with van der Waals surface area (Å²) in [6.07, 6.45) is 1.52. The molecule has 1 fully saturated rings. The van der Waals surface area contributed by atoms with Gasteiger partial charge in [-0.1, -0.05) is 36.7 Å². The van der Waals surface area contributed by atoms with E-state index in [9.17, 15) is 9.59 Å². The van der Waals surface area contributed by atoms with Gasteiger partial charge in [-0.2, -0.15) is 11.8 Å². The Morgan fingerprint density at radius 3 is 3.00 bits per heavy atom. The molecule has 0 aliphatic carbocycles. The molecule has 1 heterocycles. The minimum absolute atomic E-state index is 0.0609. The maximum Gasteiger partial charge on any atom is 0.318 e. The van der Waals surface area contributed by atoms with E-state index in [1.807, 2.05) is 31.2 Å². The minimum atomic E-state index is -0.353. The molecule has 0 spiro atoms. The molecule has 1 saturated heterocycles. The molecule has 1 aromatic carbocycles. The van der Waals surface area contributed by atoms with Crippen LogP contribution in [0.15, 0.2) is 24.3 Å². The zero-order valence-corrected chi connectivity index (χ0v) is 15.5. The third-order valence-corrected chi connectivity index (χ3v) is 5.40. The SMILES string of the molecule is CCC1C(=O)NCCN1C(=O)NCCCSCc1ccccc1Cl. The van der Waals surface area contributed by atoms with Crippen molar-refractivity contribution in [1.82, 2.24) is 15.5 Å². The Morgan fingerprint density at radius 1 is 1.46 bits per heavy atom. The summed E-state index contributed by atoms with van der Waals surface area (Å²) in [5.41, 5.74) is 1.14. The van der Waals surface area contributed by atoms with Crippen LogP contribution in [0.1, 0.15) is 25.3 Å². The van der Waals surface area contributed by atoms with Crippen LogP contribution in [0, 0.1) is 0 Å². The number of hydrogen-bond acceptors (Lipinski definition) is 3. The van der Waals surface area contributed by atoms with Gasteiger partial charge >= 0.3 is 6.03 Å². The number of nitrogens with zero attached hydrogens (tertiary/aromatic N) is 1. The van der Waals surface area contributed by atoms with Gasteiger partial charge in [0.2, 0.25) is 5.91 Å². The van der Waals surface area contributed by atoms with Crippen molar-refractivity contribution in [3.8, 4) is 0 Å². The van der Waals surface area contributed by atoms with E-state index in [4.69, 9.17) is 11.6 Å². The van der Waals surface area contributed by atoms with Crippen molar-refractivity contribution in [2.45, 2.75) is 31.6 Å². The lowest BCUT2D eigenvalue weighted by Gasteiger charge is -2.34. The number of halogens is 1. The molecule has 2 rings (SSSR count). The number of rotatable bonds is 7. The standard InChI is InChI=1S/C17H24ClN3O2S/c1-2-15-16(22)19-9-10-21(15)17(23)20-8-5-11-24-12-13-6-3-4-7-14(13)18/h3-4,6-7,15H,2,5,8-12H2,1H3,(H,19,22)(H,20,23). The fourth-order valence-corrected chi connectivity index (χ4v) is 3.88. The summed E-state index contributed by atoms with van der Waals surface area (Å²) in [6.45, 7) is 3.62. The largest absolute Gasteiger partial charge is 0.353 e. The van der Waals surface area contributed by atoms with E-state index >= 15 is 0 Å². The van der Waals surface area contributed by atoms with E-state index in [2.05, 4.69) is 10.6 Å². The molecule has 5 nitrogen and oxygen atoms in total. The lowest BCUT2D eigenvalue weighted by atomic mass is 10.1. The second-order valence-electron chi connectivity index (χ2n) is 5.64. The molecule has 1 aliphatic rings. The quantitative estimate of drug-likeness (QED) is 0.726. The molecule has 1 aliphatic heterocycles. The fourth-order valence-electron chi connectivity index (χ4n) is 2.63. The topological polar surface area (TPSA) is 61.4 Å². The zero-order chi connectivity index (χ0) is 17.4. The molecular weight excluding hydrogens is 346 g/mol. The van der Waals surface area contributed by atoms with Crippen LogP contribution in [-0.2, 0) is 10.5 Å². The number of thioether (sulfide) groups is 1. The average Bonchev–Trinajstić information content (AvgIpc) is 2.59. The zero-order valence-electron chi connectivity index (χ0n) is 13.9. The second-order valence-corrected chi connectivity index (χ2v) is 7.15. The van der Waals surface area contributed by atoms with E-state index in [1.165, 1.54) is 0 Å². The summed E-state index contributed by atoms with van der Waals surface area (Å²) < 4.78 is 0. The second kappa shape index (κ2) is 9.79. The molecule has 1 aromatic rings. The number of benzene rings is 1. The third kappa shape index (κ3) is 5.31. The minimum Gasteiger partial charge on any atom is -0.353 e. The summed E-state index contributed by atoms with van der Waals surface area (Å²) in [5, 5.41) is 6.51. The molecule has 0 aromatic heterocycles. The summed E-state index contributed by atoms with van der Waals surface area (Å²) >= 11 is 7.92. The highest BCUT2D eigenvalue weighted by atomic mass is 35.5. The van der Waals surface area contributed by atoms with Crippen LogP contribution in [0.4, 0.5) is 4.79 Å². The molecule has 0 radical (unpaired) electrons. The maximum absolute atomic E-state index is 12.2. The smallest absolute Gasteiger partial charge is 0.318 e. The van der Waals surface area contributed by atoms with Crippen molar-refractivity contribution in [2.75, 3.05) is 25.4 Å². The van der Waals surface area contributed by atoms with Crippen LogP contribution in [0.3, 0.4) is 0 Å². The van der Waals surface area contributed by atoms with E-state index in [0.29, 0.717) is 26.1 Å². The van der Waals surface area contributed by atoms with Gasteiger partial charge in [0.05, 0.1) is 0 Å². The Balaban J connectivity index is 1.64. The maximum atomic E-state index is 12.2. The predicted octanol–water partition coefficient (Wildman–Crippen LogP) is 2.88. The van der Waals surface area contributed by atoms with E-state index in [0.717, 1.165) is 28.5 Å². The highest BCUT2D eigenvalue weighted by Gasteiger charge is 2.31. The highest BCUT2D eigenvalue weighted by molar-refractivity contribution is 7.98. The Bertz CT molecular complexity index is 571. The number of nitrogens with one attached hydrogen (secondary N) is 2. The van der Waals surface area contributed by atoms with Crippen molar-refractivity contribution >= 4 is 35.3 Å². The Hall–Kier alpha value is -1.40. The van der Waals surface area contributed by atoms with Gasteiger partial charge < -0.3 is 15.5 Å². The lowest BCUT2D eigenvalue weighted by Crippen LogP contribution is -2.59. The van der Waals surface area contributed by atoms with Crippen molar-refractivity contribution in [3.63, 3.8) is 0 Å². The third-order valence-electron chi connectivity index (χ3n) is 3.94. The predicted molar refractivity (Wildman–Crippen MR) is 99.4 cm³/mol. The fraction of sp³-hybridized carbons (Fsp3) is 0.529. The Morgan fingerprint density at radius 2 is 2.25 bits per heavy atom. The van der Waals surface area contributed by atoms with Crippen LogP contribution in [0.5, 0.6) is 0 Å². The van der Waals surface area contributed by atoms with Crippen LogP contribution < -0.4 is 10.6 Å². The molecular formula is C17H24ClN3O2S. The van der Waals surface area contributed by atoms with Crippen molar-refractivity contribution < 1.29 is 9.59 Å². The van der Waals surface area contributed by atoms with Gasteiger partial charge in [0.25, 0.3) is 0 Å². The first kappa shape index (κ1) is 18.9. The molecule has 1 atom stereocenters. The molecule has 3 amide bonds. The van der Waals surface area contributed by atoms with Crippen LogP contribution in [0.2, 0.25) is 5.02 Å². The summed E-state index contributed by atoms with van der Waals surface area (Å²) in [4.78, 5) is 25.6. The van der Waals surface area contributed by atoms with E-state index in [-0.39, 0.29) is 18.0 Å². The van der Waals surface area contributed by atoms with Crippen LogP contribution in [-0.4, -0.2) is 48.3 Å². The summed E-state index contributed by atoms with van der Waals surface area (Å²) in [7, 11) is 0.